The Bertz CT molecular complexity index is 697. The first-order valence-electron chi connectivity index (χ1n) is 6.39. The third kappa shape index (κ3) is 2.59. The van der Waals surface area contributed by atoms with Crippen LogP contribution in [0.5, 0.6) is 0 Å². The quantitative estimate of drug-likeness (QED) is 0.907. The van der Waals surface area contributed by atoms with Crippen molar-refractivity contribution in [3.05, 3.63) is 47.6 Å². The van der Waals surface area contributed by atoms with Crippen LogP contribution >= 0.6 is 0 Å². The Kier molecular flexibility index (Phi) is 3.31. The Morgan fingerprint density at radius 3 is 2.70 bits per heavy atom. The molecular weight excluding hydrogens is 278 g/mol. The van der Waals surface area contributed by atoms with Gasteiger partial charge in [0, 0.05) is 5.92 Å². The van der Waals surface area contributed by atoms with Crippen LogP contribution in [0, 0.1) is 0 Å². The van der Waals surface area contributed by atoms with E-state index in [2.05, 4.69) is 10.1 Å². The lowest BCUT2D eigenvalue weighted by molar-refractivity contribution is 0.360. The lowest BCUT2D eigenvalue weighted by atomic mass is 10.1. The summed E-state index contributed by atoms with van der Waals surface area (Å²) < 4.78 is 28.1. The van der Waals surface area contributed by atoms with Gasteiger partial charge in [-0.05, 0) is 12.0 Å². The van der Waals surface area contributed by atoms with Gasteiger partial charge in [0.05, 0.1) is 11.5 Å². The van der Waals surface area contributed by atoms with Gasteiger partial charge in [-0.3, -0.25) is 0 Å². The number of sulfone groups is 1. The zero-order valence-corrected chi connectivity index (χ0v) is 11.6. The van der Waals surface area contributed by atoms with E-state index in [1.165, 1.54) is 0 Å². The molecule has 0 saturated carbocycles. The number of nitrogens with two attached hydrogens (primary N) is 1. The second kappa shape index (κ2) is 4.99. The van der Waals surface area contributed by atoms with Crippen LogP contribution in [0.3, 0.4) is 0 Å². The molecule has 0 radical (unpaired) electrons. The van der Waals surface area contributed by atoms with Crippen molar-refractivity contribution in [3.63, 3.8) is 0 Å². The number of hydrogen-bond acceptors (Lipinski definition) is 6. The van der Waals surface area contributed by atoms with E-state index in [1.54, 1.807) is 0 Å². The average Bonchev–Trinajstić information content (AvgIpc) is 3.05. The summed E-state index contributed by atoms with van der Waals surface area (Å²) in [4.78, 5) is 4.27. The summed E-state index contributed by atoms with van der Waals surface area (Å²) in [7, 11) is -2.96. The summed E-state index contributed by atoms with van der Waals surface area (Å²) in [6, 6.07) is 8.95. The van der Waals surface area contributed by atoms with Gasteiger partial charge in [-0.25, -0.2) is 8.42 Å². The third-order valence-electron chi connectivity index (χ3n) is 3.48. The van der Waals surface area contributed by atoms with Gasteiger partial charge in [-0.2, -0.15) is 4.98 Å². The Morgan fingerprint density at radius 2 is 2.05 bits per heavy atom. The topological polar surface area (TPSA) is 99.1 Å². The van der Waals surface area contributed by atoms with E-state index in [9.17, 15) is 8.42 Å². The molecule has 0 bridgehead atoms. The lowest BCUT2D eigenvalue weighted by Crippen LogP contribution is -2.12. The predicted molar refractivity (Wildman–Crippen MR) is 72.8 cm³/mol. The summed E-state index contributed by atoms with van der Waals surface area (Å²) in [5, 5.41) is 3.88. The van der Waals surface area contributed by atoms with Crippen LogP contribution < -0.4 is 5.73 Å². The van der Waals surface area contributed by atoms with E-state index in [0.29, 0.717) is 18.1 Å². The maximum atomic E-state index is 11.5. The predicted octanol–water partition coefficient (Wildman–Crippen LogP) is 1.02. The number of hydrogen-bond donors (Lipinski definition) is 1. The van der Waals surface area contributed by atoms with Gasteiger partial charge in [-0.1, -0.05) is 35.5 Å². The van der Waals surface area contributed by atoms with Gasteiger partial charge in [0.2, 0.25) is 5.89 Å². The third-order valence-corrected chi connectivity index (χ3v) is 5.25. The number of benzene rings is 1. The standard InChI is InChI=1S/C13H15N3O3S/c14-11(9-4-2-1-3-5-9)13-15-12(16-19-13)10-6-7-20(17,18)8-10/h1-5,10-11H,6-8,14H2. The Balaban J connectivity index is 1.81. The molecule has 1 aliphatic heterocycles. The molecule has 3 rings (SSSR count). The molecule has 2 N–H and O–H groups in total. The van der Waals surface area contributed by atoms with E-state index in [-0.39, 0.29) is 17.4 Å². The molecule has 0 aliphatic carbocycles. The van der Waals surface area contributed by atoms with Crippen LogP contribution in [0.25, 0.3) is 0 Å². The second-order valence-corrected chi connectivity index (χ2v) is 7.21. The van der Waals surface area contributed by atoms with Gasteiger partial charge in [0.15, 0.2) is 15.7 Å². The Hall–Kier alpha value is -1.73. The molecule has 2 atom stereocenters. The first-order chi connectivity index (χ1) is 9.55. The van der Waals surface area contributed by atoms with Gasteiger partial charge in [0.1, 0.15) is 6.04 Å². The molecule has 1 fully saturated rings. The molecule has 106 valence electrons. The molecule has 1 aliphatic rings. The van der Waals surface area contributed by atoms with Crippen molar-refractivity contribution in [2.24, 2.45) is 5.73 Å². The number of aromatic nitrogens is 2. The molecule has 7 heteroatoms. The molecule has 6 nitrogen and oxygen atoms in total. The molecule has 1 aromatic carbocycles. The minimum atomic E-state index is -2.96. The van der Waals surface area contributed by atoms with E-state index >= 15 is 0 Å². The van der Waals surface area contributed by atoms with Gasteiger partial charge in [0.25, 0.3) is 0 Å². The minimum Gasteiger partial charge on any atom is -0.337 e. The van der Waals surface area contributed by atoms with Crippen LogP contribution in [-0.2, 0) is 9.84 Å². The highest BCUT2D eigenvalue weighted by atomic mass is 32.2. The van der Waals surface area contributed by atoms with Crippen molar-refractivity contribution in [1.29, 1.82) is 0 Å². The molecule has 1 aromatic heterocycles. The normalized spacial score (nSPS) is 22.8. The molecule has 2 unspecified atom stereocenters. The van der Waals surface area contributed by atoms with Crippen molar-refractivity contribution in [3.8, 4) is 0 Å². The maximum absolute atomic E-state index is 11.5. The zero-order valence-electron chi connectivity index (χ0n) is 10.8. The number of rotatable bonds is 3. The zero-order chi connectivity index (χ0) is 14.2. The molecule has 2 aromatic rings. The van der Waals surface area contributed by atoms with Crippen LogP contribution in [0.15, 0.2) is 34.9 Å². The first kappa shape index (κ1) is 13.3. The highest BCUT2D eigenvalue weighted by Crippen LogP contribution is 2.28. The van der Waals surface area contributed by atoms with Crippen LogP contribution in [0.4, 0.5) is 0 Å². The first-order valence-corrected chi connectivity index (χ1v) is 8.22. The van der Waals surface area contributed by atoms with Crippen molar-refractivity contribution in [2.45, 2.75) is 18.4 Å². The summed E-state index contributed by atoms with van der Waals surface area (Å²) in [6.45, 7) is 0. The monoisotopic (exact) mass is 293 g/mol. The number of nitrogens with zero attached hydrogens (tertiary/aromatic N) is 2. The Morgan fingerprint density at radius 1 is 1.30 bits per heavy atom. The fraction of sp³-hybridized carbons (Fsp3) is 0.385. The highest BCUT2D eigenvalue weighted by Gasteiger charge is 2.32. The van der Waals surface area contributed by atoms with Crippen LogP contribution in [0.1, 0.15) is 35.7 Å². The molecule has 0 spiro atoms. The van der Waals surface area contributed by atoms with E-state index in [0.717, 1.165) is 5.56 Å². The summed E-state index contributed by atoms with van der Waals surface area (Å²) in [5.41, 5.74) is 6.94. The van der Waals surface area contributed by atoms with Crippen LogP contribution in [-0.4, -0.2) is 30.1 Å². The molecule has 20 heavy (non-hydrogen) atoms. The van der Waals surface area contributed by atoms with Crippen molar-refractivity contribution >= 4 is 9.84 Å². The smallest absolute Gasteiger partial charge is 0.248 e. The lowest BCUT2D eigenvalue weighted by Gasteiger charge is -2.05. The van der Waals surface area contributed by atoms with Crippen LogP contribution in [0.2, 0.25) is 0 Å². The van der Waals surface area contributed by atoms with Crippen molar-refractivity contribution in [2.75, 3.05) is 11.5 Å². The maximum Gasteiger partial charge on any atom is 0.248 e. The van der Waals surface area contributed by atoms with Crippen molar-refractivity contribution < 1.29 is 12.9 Å². The molecule has 1 saturated heterocycles. The molecular formula is C13H15N3O3S. The van der Waals surface area contributed by atoms with E-state index in [1.807, 2.05) is 30.3 Å². The van der Waals surface area contributed by atoms with E-state index < -0.39 is 15.9 Å². The Labute approximate surface area is 116 Å². The van der Waals surface area contributed by atoms with Crippen molar-refractivity contribution in [1.82, 2.24) is 10.1 Å². The second-order valence-electron chi connectivity index (χ2n) is 4.98. The van der Waals surface area contributed by atoms with Gasteiger partial charge in [-0.15, -0.1) is 0 Å². The van der Waals surface area contributed by atoms with Gasteiger partial charge < -0.3 is 10.3 Å². The molecule has 0 amide bonds. The summed E-state index contributed by atoms with van der Waals surface area (Å²) in [6.07, 6.45) is 0.544. The SMILES string of the molecule is NC(c1ccccc1)c1nc(C2CCS(=O)(=O)C2)no1. The summed E-state index contributed by atoms with van der Waals surface area (Å²) in [5.74, 6) is 0.849. The largest absolute Gasteiger partial charge is 0.337 e. The minimum absolute atomic E-state index is 0.0898. The van der Waals surface area contributed by atoms with Gasteiger partial charge >= 0.3 is 0 Å². The highest BCUT2D eigenvalue weighted by molar-refractivity contribution is 7.91. The fourth-order valence-electron chi connectivity index (χ4n) is 2.34. The summed E-state index contributed by atoms with van der Waals surface area (Å²) >= 11 is 0. The fourth-order valence-corrected chi connectivity index (χ4v) is 4.08. The van der Waals surface area contributed by atoms with E-state index in [4.69, 9.17) is 10.3 Å². The average molecular weight is 293 g/mol. The molecule has 2 heterocycles.